The molecule has 0 aliphatic heterocycles. The third-order valence-corrected chi connectivity index (χ3v) is 6.31. The van der Waals surface area contributed by atoms with E-state index in [1.807, 2.05) is 12.1 Å². The number of rotatable bonds is 3. The van der Waals surface area contributed by atoms with E-state index in [0.717, 1.165) is 22.0 Å². The van der Waals surface area contributed by atoms with Crippen LogP contribution in [-0.4, -0.2) is 22.0 Å². The fourth-order valence-corrected chi connectivity index (χ4v) is 4.28. The first-order valence-electron chi connectivity index (χ1n) is 9.14. The molecule has 3 aromatic rings. The Balaban J connectivity index is 1.70. The molecule has 1 heterocycles. The molecule has 1 aliphatic rings. The van der Waals surface area contributed by atoms with Gasteiger partial charge in [0.05, 0.1) is 11.6 Å². The Labute approximate surface area is 167 Å². The van der Waals surface area contributed by atoms with E-state index in [1.54, 1.807) is 30.3 Å². The predicted molar refractivity (Wildman–Crippen MR) is 109 cm³/mol. The number of fused-ring (bicyclic) bond motifs is 2. The summed E-state index contributed by atoms with van der Waals surface area (Å²) < 4.78 is 0. The van der Waals surface area contributed by atoms with E-state index >= 15 is 0 Å². The molecule has 1 aromatic heterocycles. The van der Waals surface area contributed by atoms with Crippen LogP contribution in [0.25, 0.3) is 10.9 Å². The van der Waals surface area contributed by atoms with Crippen LogP contribution < -0.4 is 5.32 Å². The number of amides is 1. The first-order chi connectivity index (χ1) is 13.2. The van der Waals surface area contributed by atoms with Gasteiger partial charge in [-0.2, -0.15) is 0 Å². The van der Waals surface area contributed by atoms with E-state index in [2.05, 4.69) is 31.1 Å². The summed E-state index contributed by atoms with van der Waals surface area (Å²) in [6.45, 7) is 6.29. The first-order valence-corrected chi connectivity index (χ1v) is 9.52. The molecule has 0 saturated heterocycles. The molecule has 0 bridgehead atoms. The number of carbonyl (C=O) groups is 2. The van der Waals surface area contributed by atoms with Crippen LogP contribution in [0.2, 0.25) is 5.02 Å². The summed E-state index contributed by atoms with van der Waals surface area (Å²) >= 11 is 6.03. The summed E-state index contributed by atoms with van der Waals surface area (Å²) in [5.41, 5.74) is 3.19. The Morgan fingerprint density at radius 1 is 1.11 bits per heavy atom. The van der Waals surface area contributed by atoms with Crippen LogP contribution in [0.3, 0.4) is 0 Å². The number of hydrogen-bond acceptors (Lipinski definition) is 2. The number of aromatic nitrogens is 1. The Morgan fingerprint density at radius 2 is 1.86 bits per heavy atom. The number of halogens is 1. The number of hydrogen-bond donors (Lipinski definition) is 3. The van der Waals surface area contributed by atoms with Crippen molar-refractivity contribution < 1.29 is 14.7 Å². The molecule has 0 spiro atoms. The van der Waals surface area contributed by atoms with Crippen LogP contribution in [0.5, 0.6) is 0 Å². The zero-order valence-electron chi connectivity index (χ0n) is 15.8. The van der Waals surface area contributed by atoms with Crippen LogP contribution in [0.1, 0.15) is 64.7 Å². The lowest BCUT2D eigenvalue weighted by Crippen LogP contribution is -2.36. The summed E-state index contributed by atoms with van der Waals surface area (Å²) in [6.07, 6.45) is 0. The van der Waals surface area contributed by atoms with Crippen molar-refractivity contribution in [3.63, 3.8) is 0 Å². The molecule has 5 nitrogen and oxygen atoms in total. The van der Waals surface area contributed by atoms with E-state index in [1.165, 1.54) is 0 Å². The van der Waals surface area contributed by atoms with Gasteiger partial charge in [0.15, 0.2) is 0 Å². The molecule has 2 aromatic carbocycles. The maximum atomic E-state index is 13.0. The van der Waals surface area contributed by atoms with E-state index < -0.39 is 5.97 Å². The van der Waals surface area contributed by atoms with Crippen molar-refractivity contribution in [1.82, 2.24) is 10.3 Å². The SMILES string of the molecule is C[C@@H]1c2ccc(C(=O)O)cc2C(NC(=O)c2cc3cc(Cl)ccc3[nH]2)C1(C)C. The van der Waals surface area contributed by atoms with E-state index in [-0.39, 0.29) is 28.8 Å². The van der Waals surface area contributed by atoms with Crippen molar-refractivity contribution in [2.24, 2.45) is 5.41 Å². The van der Waals surface area contributed by atoms with Gasteiger partial charge in [-0.1, -0.05) is 38.4 Å². The summed E-state index contributed by atoms with van der Waals surface area (Å²) in [5.74, 6) is -1.03. The number of carboxylic acids is 1. The van der Waals surface area contributed by atoms with Crippen molar-refractivity contribution in [1.29, 1.82) is 0 Å². The summed E-state index contributed by atoms with van der Waals surface area (Å²) in [4.78, 5) is 27.5. The highest BCUT2D eigenvalue weighted by atomic mass is 35.5. The van der Waals surface area contributed by atoms with Gasteiger partial charge in [-0.25, -0.2) is 4.79 Å². The van der Waals surface area contributed by atoms with Gasteiger partial charge in [-0.3, -0.25) is 4.79 Å². The Morgan fingerprint density at radius 3 is 2.57 bits per heavy atom. The van der Waals surface area contributed by atoms with Crippen LogP contribution in [0, 0.1) is 5.41 Å². The molecular weight excluding hydrogens is 376 g/mol. The number of H-pyrrole nitrogens is 1. The monoisotopic (exact) mass is 396 g/mol. The average molecular weight is 397 g/mol. The lowest BCUT2D eigenvalue weighted by atomic mass is 9.78. The second-order valence-electron chi connectivity index (χ2n) is 8.01. The van der Waals surface area contributed by atoms with Crippen LogP contribution in [-0.2, 0) is 0 Å². The molecule has 28 heavy (non-hydrogen) atoms. The molecule has 4 rings (SSSR count). The summed E-state index contributed by atoms with van der Waals surface area (Å²) in [5, 5.41) is 14.0. The van der Waals surface area contributed by atoms with Gasteiger partial charge in [0.1, 0.15) is 5.69 Å². The van der Waals surface area contributed by atoms with Crippen LogP contribution in [0.15, 0.2) is 42.5 Å². The van der Waals surface area contributed by atoms with Crippen molar-refractivity contribution >= 4 is 34.4 Å². The number of nitrogens with one attached hydrogen (secondary N) is 2. The minimum atomic E-state index is -0.974. The average Bonchev–Trinajstić information content (AvgIpc) is 3.14. The molecule has 1 unspecified atom stereocenters. The number of benzene rings is 2. The van der Waals surface area contributed by atoms with Gasteiger partial charge >= 0.3 is 5.97 Å². The quantitative estimate of drug-likeness (QED) is 0.573. The Bertz CT molecular complexity index is 1120. The van der Waals surface area contributed by atoms with Crippen LogP contribution >= 0.6 is 11.6 Å². The molecule has 0 saturated carbocycles. The van der Waals surface area contributed by atoms with E-state index in [4.69, 9.17) is 11.6 Å². The van der Waals surface area contributed by atoms with Crippen molar-refractivity contribution in [2.45, 2.75) is 32.7 Å². The van der Waals surface area contributed by atoms with Gasteiger partial charge < -0.3 is 15.4 Å². The van der Waals surface area contributed by atoms with Crippen molar-refractivity contribution in [2.75, 3.05) is 0 Å². The van der Waals surface area contributed by atoms with Crippen molar-refractivity contribution in [3.8, 4) is 0 Å². The fourth-order valence-electron chi connectivity index (χ4n) is 4.10. The number of aromatic carboxylic acids is 1. The van der Waals surface area contributed by atoms with Gasteiger partial charge in [0.25, 0.3) is 5.91 Å². The highest BCUT2D eigenvalue weighted by molar-refractivity contribution is 6.31. The molecule has 0 fully saturated rings. The van der Waals surface area contributed by atoms with Gasteiger partial charge in [0.2, 0.25) is 0 Å². The smallest absolute Gasteiger partial charge is 0.335 e. The molecule has 1 amide bonds. The second-order valence-corrected chi connectivity index (χ2v) is 8.45. The van der Waals surface area contributed by atoms with Gasteiger partial charge in [-0.15, -0.1) is 0 Å². The highest BCUT2D eigenvalue weighted by Gasteiger charge is 2.45. The first kappa shape index (κ1) is 18.6. The largest absolute Gasteiger partial charge is 0.478 e. The highest BCUT2D eigenvalue weighted by Crippen LogP contribution is 2.53. The summed E-state index contributed by atoms with van der Waals surface area (Å²) in [7, 11) is 0. The van der Waals surface area contributed by atoms with E-state index in [0.29, 0.717) is 10.7 Å². The second kappa shape index (κ2) is 6.38. The molecule has 3 N–H and O–H groups in total. The molecule has 6 heteroatoms. The molecule has 144 valence electrons. The zero-order valence-corrected chi connectivity index (χ0v) is 16.6. The number of carbonyl (C=O) groups excluding carboxylic acids is 1. The van der Waals surface area contributed by atoms with Crippen molar-refractivity contribution in [3.05, 3.63) is 69.9 Å². The Kier molecular flexibility index (Phi) is 4.23. The molecular formula is C22H21ClN2O3. The molecule has 2 atom stereocenters. The normalized spacial score (nSPS) is 20.1. The van der Waals surface area contributed by atoms with Gasteiger partial charge in [0, 0.05) is 15.9 Å². The third kappa shape index (κ3) is 2.87. The van der Waals surface area contributed by atoms with Gasteiger partial charge in [-0.05, 0) is 58.9 Å². The maximum absolute atomic E-state index is 13.0. The molecule has 1 aliphatic carbocycles. The minimum Gasteiger partial charge on any atom is -0.478 e. The maximum Gasteiger partial charge on any atom is 0.335 e. The molecule has 0 radical (unpaired) electrons. The lowest BCUT2D eigenvalue weighted by Gasteiger charge is -2.32. The minimum absolute atomic E-state index is 0.178. The third-order valence-electron chi connectivity index (χ3n) is 6.07. The zero-order chi connectivity index (χ0) is 20.2. The Hall–Kier alpha value is -2.79. The fraction of sp³-hybridized carbons (Fsp3) is 0.273. The number of carboxylic acid groups (broad SMARTS) is 1. The summed E-state index contributed by atoms with van der Waals surface area (Å²) in [6, 6.07) is 12.1. The number of aromatic amines is 1. The van der Waals surface area contributed by atoms with E-state index in [9.17, 15) is 14.7 Å². The standard InChI is InChI=1S/C22H21ClN2O3/c1-11-15-6-4-12(21(27)28)9-16(15)19(22(11,2)3)25-20(26)18-10-13-8-14(23)5-7-17(13)24-18/h4-11,19,24H,1-3H3,(H,25,26)(H,27,28)/t11-,19?/m1/s1. The lowest BCUT2D eigenvalue weighted by molar-refractivity contribution is 0.0696. The topological polar surface area (TPSA) is 82.2 Å². The van der Waals surface area contributed by atoms with Crippen LogP contribution in [0.4, 0.5) is 0 Å². The predicted octanol–water partition coefficient (Wildman–Crippen LogP) is 5.13.